The van der Waals surface area contributed by atoms with Gasteiger partial charge in [0.05, 0.1) is 0 Å². The molecule has 3 amide bonds. The number of benzene rings is 1. The normalized spacial score (nSPS) is 20.4. The molecule has 1 aromatic carbocycles. The number of hydrogen-bond donors (Lipinski definition) is 1. The number of carbonyl (C=O) groups is 2. The number of pyridine rings is 1. The summed E-state index contributed by atoms with van der Waals surface area (Å²) in [5.41, 5.74) is -0.898. The molecule has 124 valence electrons. The van der Waals surface area contributed by atoms with Gasteiger partial charge in [-0.25, -0.2) is 13.6 Å². The summed E-state index contributed by atoms with van der Waals surface area (Å²) in [4.78, 5) is 29.7. The van der Waals surface area contributed by atoms with E-state index in [0.717, 1.165) is 28.7 Å². The molecule has 0 saturated carbocycles. The summed E-state index contributed by atoms with van der Waals surface area (Å²) < 4.78 is 27.5. The molecule has 1 aromatic heterocycles. The van der Waals surface area contributed by atoms with Gasteiger partial charge >= 0.3 is 6.03 Å². The molecule has 2 heterocycles. The van der Waals surface area contributed by atoms with Crippen molar-refractivity contribution in [3.05, 3.63) is 65.5 Å². The lowest BCUT2D eigenvalue weighted by atomic mass is 9.91. The summed E-state index contributed by atoms with van der Waals surface area (Å²) in [5, 5.41) is 2.47. The smallest absolute Gasteiger partial charge is 0.319 e. The van der Waals surface area contributed by atoms with Crippen LogP contribution in [0.2, 0.25) is 0 Å². The fraction of sp³-hybridized carbons (Fsp3) is 0.235. The molecule has 1 N–H and O–H groups in total. The molecule has 1 aliphatic rings. The molecule has 2 aromatic rings. The Hall–Kier alpha value is -2.83. The Bertz CT molecular complexity index is 798. The summed E-state index contributed by atoms with van der Waals surface area (Å²) in [6.45, 7) is 1.51. The number of halogens is 2. The zero-order valence-electron chi connectivity index (χ0n) is 12.9. The quantitative estimate of drug-likeness (QED) is 0.875. The molecule has 0 unspecified atom stereocenters. The predicted octanol–water partition coefficient (Wildman–Crippen LogP) is 2.37. The zero-order chi connectivity index (χ0) is 17.3. The van der Waals surface area contributed by atoms with Crippen LogP contribution < -0.4 is 5.32 Å². The number of amides is 3. The molecule has 7 heteroatoms. The van der Waals surface area contributed by atoms with E-state index in [-0.39, 0.29) is 12.1 Å². The predicted molar refractivity (Wildman–Crippen MR) is 81.9 cm³/mol. The second-order valence-corrected chi connectivity index (χ2v) is 5.74. The first kappa shape index (κ1) is 16.0. The number of carbonyl (C=O) groups excluding carboxylic acids is 2. The van der Waals surface area contributed by atoms with Gasteiger partial charge in [0.15, 0.2) is 0 Å². The summed E-state index contributed by atoms with van der Waals surface area (Å²) >= 11 is 0. The van der Waals surface area contributed by atoms with Gasteiger partial charge in [0.2, 0.25) is 0 Å². The summed E-state index contributed by atoms with van der Waals surface area (Å²) in [7, 11) is 0. The fourth-order valence-electron chi connectivity index (χ4n) is 2.75. The Morgan fingerprint density at radius 2 is 1.88 bits per heavy atom. The van der Waals surface area contributed by atoms with Crippen molar-refractivity contribution in [3.63, 3.8) is 0 Å². The standard InChI is InChI=1S/C17H15F2N3O2/c1-17(13-10-12(18)2-3-14(13)19)15(23)22(16(24)21-17)9-6-11-4-7-20-8-5-11/h2-5,7-8,10H,6,9H2,1H3,(H,21,24)/t17-/m1/s1. The fourth-order valence-corrected chi connectivity index (χ4v) is 2.75. The topological polar surface area (TPSA) is 62.3 Å². The maximum Gasteiger partial charge on any atom is 0.325 e. The number of nitrogens with one attached hydrogen (secondary N) is 1. The van der Waals surface area contributed by atoms with Crippen LogP contribution in [0.1, 0.15) is 18.1 Å². The number of hydrogen-bond acceptors (Lipinski definition) is 3. The molecule has 1 aliphatic heterocycles. The maximum atomic E-state index is 14.0. The summed E-state index contributed by atoms with van der Waals surface area (Å²) in [6.07, 6.45) is 3.68. The third kappa shape index (κ3) is 2.73. The molecule has 1 atom stereocenters. The average Bonchev–Trinajstić information content (AvgIpc) is 2.79. The number of rotatable bonds is 4. The monoisotopic (exact) mass is 331 g/mol. The lowest BCUT2D eigenvalue weighted by Crippen LogP contribution is -2.42. The molecule has 5 nitrogen and oxygen atoms in total. The van der Waals surface area contributed by atoms with Crippen molar-refractivity contribution in [2.24, 2.45) is 0 Å². The third-order valence-electron chi connectivity index (χ3n) is 4.12. The van der Waals surface area contributed by atoms with Crippen molar-refractivity contribution in [3.8, 4) is 0 Å². The van der Waals surface area contributed by atoms with Crippen LogP contribution in [-0.4, -0.2) is 28.4 Å². The van der Waals surface area contributed by atoms with Crippen molar-refractivity contribution >= 4 is 11.9 Å². The Morgan fingerprint density at radius 1 is 1.17 bits per heavy atom. The van der Waals surface area contributed by atoms with Crippen molar-refractivity contribution in [2.45, 2.75) is 18.9 Å². The van der Waals surface area contributed by atoms with Gasteiger partial charge in [-0.3, -0.25) is 14.7 Å². The van der Waals surface area contributed by atoms with Gasteiger partial charge in [-0.2, -0.15) is 0 Å². The minimum atomic E-state index is -1.62. The summed E-state index contributed by atoms with van der Waals surface area (Å²) in [5.74, 6) is -2.03. The first-order valence-corrected chi connectivity index (χ1v) is 7.40. The average molecular weight is 331 g/mol. The molecule has 1 fully saturated rings. The number of aromatic nitrogens is 1. The van der Waals surface area contributed by atoms with Gasteiger partial charge in [0.1, 0.15) is 17.2 Å². The van der Waals surface area contributed by atoms with Gasteiger partial charge in [-0.15, -0.1) is 0 Å². The van der Waals surface area contributed by atoms with Gasteiger partial charge in [0.25, 0.3) is 5.91 Å². The van der Waals surface area contributed by atoms with Crippen LogP contribution in [0.5, 0.6) is 0 Å². The molecule has 0 spiro atoms. The lowest BCUT2D eigenvalue weighted by molar-refractivity contribution is -0.131. The van der Waals surface area contributed by atoms with Crippen LogP contribution in [0.25, 0.3) is 0 Å². The van der Waals surface area contributed by atoms with Crippen LogP contribution in [0.4, 0.5) is 13.6 Å². The molecule has 1 saturated heterocycles. The van der Waals surface area contributed by atoms with Crippen LogP contribution in [0, 0.1) is 11.6 Å². The first-order valence-electron chi connectivity index (χ1n) is 7.40. The van der Waals surface area contributed by atoms with E-state index in [9.17, 15) is 18.4 Å². The SMILES string of the molecule is C[C@]1(c2cc(F)ccc2F)NC(=O)N(CCc2ccncc2)C1=O. The minimum Gasteiger partial charge on any atom is -0.319 e. The van der Waals surface area contributed by atoms with E-state index in [1.807, 2.05) is 0 Å². The number of nitrogens with zero attached hydrogens (tertiary/aromatic N) is 2. The van der Waals surface area contributed by atoms with Crippen LogP contribution in [-0.2, 0) is 16.8 Å². The van der Waals surface area contributed by atoms with Crippen LogP contribution in [0.3, 0.4) is 0 Å². The van der Waals surface area contributed by atoms with Crippen LogP contribution >= 0.6 is 0 Å². The van der Waals surface area contributed by atoms with E-state index in [1.165, 1.54) is 6.92 Å². The van der Waals surface area contributed by atoms with E-state index in [2.05, 4.69) is 10.3 Å². The van der Waals surface area contributed by atoms with Crippen molar-refractivity contribution < 1.29 is 18.4 Å². The van der Waals surface area contributed by atoms with Crippen molar-refractivity contribution in [1.82, 2.24) is 15.2 Å². The molecule has 0 bridgehead atoms. The molecule has 3 rings (SSSR count). The number of imide groups is 1. The van der Waals surface area contributed by atoms with Gasteiger partial charge in [-0.1, -0.05) is 0 Å². The molecular formula is C17H15F2N3O2. The van der Waals surface area contributed by atoms with Gasteiger partial charge < -0.3 is 5.32 Å². The van der Waals surface area contributed by atoms with Gasteiger partial charge in [0, 0.05) is 24.5 Å². The highest BCUT2D eigenvalue weighted by Gasteiger charge is 2.50. The summed E-state index contributed by atoms with van der Waals surface area (Å²) in [6, 6.07) is 5.77. The van der Waals surface area contributed by atoms with E-state index in [1.54, 1.807) is 24.5 Å². The molecule has 0 radical (unpaired) electrons. The van der Waals surface area contributed by atoms with Crippen molar-refractivity contribution in [2.75, 3.05) is 6.54 Å². The molecule has 24 heavy (non-hydrogen) atoms. The Morgan fingerprint density at radius 3 is 2.58 bits per heavy atom. The maximum absolute atomic E-state index is 14.0. The van der Waals surface area contributed by atoms with E-state index in [0.29, 0.717) is 6.42 Å². The highest BCUT2D eigenvalue weighted by Crippen LogP contribution is 2.31. The zero-order valence-corrected chi connectivity index (χ0v) is 12.9. The first-order chi connectivity index (χ1) is 11.4. The highest BCUT2D eigenvalue weighted by molar-refractivity contribution is 6.07. The highest BCUT2D eigenvalue weighted by atomic mass is 19.1. The van der Waals surface area contributed by atoms with Crippen LogP contribution in [0.15, 0.2) is 42.7 Å². The molecule has 0 aliphatic carbocycles. The van der Waals surface area contributed by atoms with Gasteiger partial charge in [-0.05, 0) is 49.2 Å². The van der Waals surface area contributed by atoms with E-state index >= 15 is 0 Å². The molecular weight excluding hydrogens is 316 g/mol. The second kappa shape index (κ2) is 5.99. The minimum absolute atomic E-state index is 0.140. The second-order valence-electron chi connectivity index (χ2n) is 5.74. The Kier molecular flexibility index (Phi) is 4.01. The Balaban J connectivity index is 1.84. The third-order valence-corrected chi connectivity index (χ3v) is 4.12. The van der Waals surface area contributed by atoms with E-state index in [4.69, 9.17) is 0 Å². The van der Waals surface area contributed by atoms with E-state index < -0.39 is 29.1 Å². The van der Waals surface area contributed by atoms with Crippen molar-refractivity contribution in [1.29, 1.82) is 0 Å². The largest absolute Gasteiger partial charge is 0.325 e. The Labute approximate surface area is 137 Å². The lowest BCUT2D eigenvalue weighted by Gasteiger charge is -2.22. The number of urea groups is 1.